The number of piperidine rings is 1. The summed E-state index contributed by atoms with van der Waals surface area (Å²) in [5.41, 5.74) is 1.29. The normalized spacial score (nSPS) is 18.6. The molecule has 0 radical (unpaired) electrons. The minimum absolute atomic E-state index is 0.0496. The first kappa shape index (κ1) is 18.5. The maximum absolute atomic E-state index is 13.4. The van der Waals surface area contributed by atoms with Crippen LogP contribution in [-0.2, 0) is 4.79 Å². The molecule has 1 aliphatic rings. The second-order valence-corrected chi connectivity index (χ2v) is 7.13. The molecule has 8 heteroatoms. The van der Waals surface area contributed by atoms with Gasteiger partial charge in [-0.2, -0.15) is 14.6 Å². The molecule has 4 rings (SSSR count). The number of hydrogen-bond acceptors (Lipinski definition) is 4. The third-order valence-electron chi connectivity index (χ3n) is 5.34. The van der Waals surface area contributed by atoms with E-state index in [-0.39, 0.29) is 29.2 Å². The van der Waals surface area contributed by atoms with Gasteiger partial charge < -0.3 is 4.90 Å². The highest BCUT2D eigenvalue weighted by atomic mass is 19.3. The minimum atomic E-state index is -2.68. The van der Waals surface area contributed by atoms with Crippen molar-refractivity contribution in [2.24, 2.45) is 0 Å². The van der Waals surface area contributed by atoms with Gasteiger partial charge in [0.1, 0.15) is 12.0 Å². The summed E-state index contributed by atoms with van der Waals surface area (Å²) in [6.45, 7) is 3.04. The Morgan fingerprint density at radius 1 is 1.25 bits per heavy atom. The fourth-order valence-corrected chi connectivity index (χ4v) is 3.80. The summed E-state index contributed by atoms with van der Waals surface area (Å²) >= 11 is 0. The number of carbonyl (C=O) groups is 1. The minimum Gasteiger partial charge on any atom is -0.342 e. The molecule has 1 aliphatic heterocycles. The van der Waals surface area contributed by atoms with Gasteiger partial charge in [0.2, 0.25) is 5.91 Å². The van der Waals surface area contributed by atoms with E-state index in [4.69, 9.17) is 0 Å². The van der Waals surface area contributed by atoms with Crippen molar-refractivity contribution in [1.29, 1.82) is 0 Å². The Balaban J connectivity index is 1.57. The van der Waals surface area contributed by atoms with Gasteiger partial charge in [-0.1, -0.05) is 30.3 Å². The molecular formula is C20H21F2N5O. The number of rotatable bonds is 4. The van der Waals surface area contributed by atoms with Gasteiger partial charge in [-0.3, -0.25) is 4.79 Å². The lowest BCUT2D eigenvalue weighted by atomic mass is 9.92. The molecule has 146 valence electrons. The third-order valence-corrected chi connectivity index (χ3v) is 5.34. The van der Waals surface area contributed by atoms with E-state index in [9.17, 15) is 13.6 Å². The Morgan fingerprint density at radius 2 is 2.04 bits per heavy atom. The van der Waals surface area contributed by atoms with Crippen LogP contribution in [0, 0.1) is 0 Å². The van der Waals surface area contributed by atoms with Gasteiger partial charge in [0.05, 0.1) is 11.6 Å². The van der Waals surface area contributed by atoms with Gasteiger partial charge in [-0.15, -0.1) is 0 Å². The zero-order chi connectivity index (χ0) is 19.7. The second kappa shape index (κ2) is 7.61. The molecule has 6 nitrogen and oxygen atoms in total. The van der Waals surface area contributed by atoms with Crippen molar-refractivity contribution in [3.05, 3.63) is 59.7 Å². The quantitative estimate of drug-likeness (QED) is 0.689. The first-order chi connectivity index (χ1) is 13.5. The fourth-order valence-electron chi connectivity index (χ4n) is 3.80. The van der Waals surface area contributed by atoms with Crippen LogP contribution in [0.4, 0.5) is 8.78 Å². The van der Waals surface area contributed by atoms with Crippen LogP contribution in [0.1, 0.15) is 55.0 Å². The lowest BCUT2D eigenvalue weighted by Gasteiger charge is -2.34. The molecule has 0 aliphatic carbocycles. The van der Waals surface area contributed by atoms with E-state index in [1.165, 1.54) is 12.4 Å². The number of likely N-dealkylation sites (tertiary alicyclic amines) is 1. The highest BCUT2D eigenvalue weighted by Gasteiger charge is 2.30. The maximum atomic E-state index is 13.4. The molecule has 0 bridgehead atoms. The van der Waals surface area contributed by atoms with Gasteiger partial charge in [0, 0.05) is 19.0 Å². The van der Waals surface area contributed by atoms with Crippen LogP contribution < -0.4 is 0 Å². The topological polar surface area (TPSA) is 63.4 Å². The fraction of sp³-hybridized carbons (Fsp3) is 0.400. The summed E-state index contributed by atoms with van der Waals surface area (Å²) in [6.07, 6.45) is 0.145. The predicted molar refractivity (Wildman–Crippen MR) is 99.2 cm³/mol. The number of fused-ring (bicyclic) bond motifs is 1. The number of benzene rings is 1. The molecular weight excluding hydrogens is 364 g/mol. The third kappa shape index (κ3) is 3.46. The van der Waals surface area contributed by atoms with Crippen molar-refractivity contribution in [3.8, 4) is 0 Å². The van der Waals surface area contributed by atoms with Gasteiger partial charge in [-0.05, 0) is 31.4 Å². The monoisotopic (exact) mass is 385 g/mol. The number of amides is 1. The Morgan fingerprint density at radius 3 is 2.79 bits per heavy atom. The zero-order valence-corrected chi connectivity index (χ0v) is 15.5. The van der Waals surface area contributed by atoms with Crippen LogP contribution in [0.15, 0.2) is 42.7 Å². The highest BCUT2D eigenvalue weighted by Crippen LogP contribution is 2.30. The molecule has 3 heterocycles. The summed E-state index contributed by atoms with van der Waals surface area (Å²) in [5, 5.41) is 3.82. The number of halogens is 2. The van der Waals surface area contributed by atoms with Gasteiger partial charge in [0.25, 0.3) is 12.2 Å². The van der Waals surface area contributed by atoms with Crippen molar-refractivity contribution in [3.63, 3.8) is 0 Å². The zero-order valence-electron chi connectivity index (χ0n) is 15.5. The van der Waals surface area contributed by atoms with E-state index in [0.717, 1.165) is 22.9 Å². The average Bonchev–Trinajstić information content (AvgIpc) is 3.21. The highest BCUT2D eigenvalue weighted by molar-refractivity contribution is 5.83. The molecule has 0 saturated carbocycles. The number of carbonyl (C=O) groups excluding carboxylic acids is 1. The maximum Gasteiger partial charge on any atom is 0.280 e. The Hall–Kier alpha value is -2.90. The first-order valence-corrected chi connectivity index (χ1v) is 9.37. The first-order valence-electron chi connectivity index (χ1n) is 9.37. The van der Waals surface area contributed by atoms with E-state index in [0.29, 0.717) is 18.8 Å². The Kier molecular flexibility index (Phi) is 5.02. The van der Waals surface area contributed by atoms with Crippen molar-refractivity contribution < 1.29 is 13.6 Å². The molecule has 1 amide bonds. The summed E-state index contributed by atoms with van der Waals surface area (Å²) in [7, 11) is 0. The van der Waals surface area contributed by atoms with Gasteiger partial charge in [0.15, 0.2) is 0 Å². The number of aromatic nitrogens is 4. The van der Waals surface area contributed by atoms with E-state index in [1.807, 2.05) is 42.2 Å². The lowest BCUT2D eigenvalue weighted by molar-refractivity contribution is -0.133. The number of nitrogens with zero attached hydrogens (tertiary/aromatic N) is 5. The summed E-state index contributed by atoms with van der Waals surface area (Å²) < 4.78 is 27.9. The van der Waals surface area contributed by atoms with E-state index >= 15 is 0 Å². The van der Waals surface area contributed by atoms with Crippen molar-refractivity contribution in [1.82, 2.24) is 24.5 Å². The molecule has 2 atom stereocenters. The predicted octanol–water partition coefficient (Wildman–Crippen LogP) is 3.57. The molecule has 1 aromatic carbocycles. The van der Waals surface area contributed by atoms with Crippen molar-refractivity contribution in [2.45, 2.75) is 38.0 Å². The Bertz CT molecular complexity index is 975. The molecule has 28 heavy (non-hydrogen) atoms. The van der Waals surface area contributed by atoms with Gasteiger partial charge >= 0.3 is 0 Å². The van der Waals surface area contributed by atoms with E-state index in [1.54, 1.807) is 0 Å². The lowest BCUT2D eigenvalue weighted by Crippen LogP contribution is -2.41. The van der Waals surface area contributed by atoms with E-state index in [2.05, 4.69) is 15.1 Å². The van der Waals surface area contributed by atoms with Gasteiger partial charge in [-0.25, -0.2) is 13.8 Å². The van der Waals surface area contributed by atoms with Crippen molar-refractivity contribution in [2.75, 3.05) is 13.1 Å². The largest absolute Gasteiger partial charge is 0.342 e. The second-order valence-electron chi connectivity index (χ2n) is 7.13. The molecule has 0 spiro atoms. The van der Waals surface area contributed by atoms with Crippen LogP contribution in [-0.4, -0.2) is 43.5 Å². The summed E-state index contributed by atoms with van der Waals surface area (Å²) in [5.74, 6) is -0.133. The van der Waals surface area contributed by atoms with Crippen molar-refractivity contribution >= 4 is 11.7 Å². The molecule has 3 aromatic rings. The molecule has 2 aromatic heterocycles. The van der Waals surface area contributed by atoms with E-state index < -0.39 is 6.43 Å². The SMILES string of the molecule is CC(C(=O)N1CCCC(c2cc(C(F)F)n3ncnc3n2)C1)c1ccccc1. The standard InChI is InChI=1S/C20H21F2N5O/c1-13(14-6-3-2-4-7-14)19(28)26-9-5-8-15(11-26)16-10-17(18(21)22)27-20(25-16)23-12-24-27/h2-4,6-7,10,12-13,15,18H,5,8-9,11H2,1H3. The van der Waals surface area contributed by atoms with Crippen LogP contribution in [0.25, 0.3) is 5.78 Å². The Labute approximate surface area is 161 Å². The van der Waals surface area contributed by atoms with Crippen LogP contribution in [0.3, 0.4) is 0 Å². The summed E-state index contributed by atoms with van der Waals surface area (Å²) in [6, 6.07) is 11.0. The smallest absolute Gasteiger partial charge is 0.280 e. The molecule has 2 unspecified atom stereocenters. The van der Waals surface area contributed by atoms with Crippen LogP contribution in [0.2, 0.25) is 0 Å². The molecule has 0 N–H and O–H groups in total. The summed E-state index contributed by atoms with van der Waals surface area (Å²) in [4.78, 5) is 23.2. The average molecular weight is 385 g/mol. The number of alkyl halides is 2. The molecule has 1 fully saturated rings. The number of hydrogen-bond donors (Lipinski definition) is 0. The van der Waals surface area contributed by atoms with Crippen LogP contribution in [0.5, 0.6) is 0 Å². The van der Waals surface area contributed by atoms with Crippen LogP contribution >= 0.6 is 0 Å². The molecule has 1 saturated heterocycles.